The molecule has 7 nitrogen and oxygen atoms in total. The van der Waals surface area contributed by atoms with Crippen LogP contribution in [0.1, 0.15) is 43.3 Å². The second-order valence-electron chi connectivity index (χ2n) is 7.06. The molecule has 1 aromatic heterocycles. The van der Waals surface area contributed by atoms with Crippen LogP contribution < -0.4 is 10.1 Å². The lowest BCUT2D eigenvalue weighted by atomic mass is 10.1. The van der Waals surface area contributed by atoms with Crippen molar-refractivity contribution in [3.63, 3.8) is 0 Å². The first kappa shape index (κ1) is 21.1. The van der Waals surface area contributed by atoms with Gasteiger partial charge < -0.3 is 19.5 Å². The molecule has 0 fully saturated rings. The van der Waals surface area contributed by atoms with Crippen molar-refractivity contribution in [2.24, 2.45) is 0 Å². The SMILES string of the molecule is CNC(=O)c1ccc(CN(C)C(=O)c2cccc(OCc3c(C)noc3C)c2)cc1. The van der Waals surface area contributed by atoms with E-state index in [1.54, 1.807) is 49.3 Å². The topological polar surface area (TPSA) is 84.7 Å². The number of hydrogen-bond donors (Lipinski definition) is 1. The summed E-state index contributed by atoms with van der Waals surface area (Å²) in [4.78, 5) is 26.1. The van der Waals surface area contributed by atoms with Gasteiger partial charge in [-0.3, -0.25) is 9.59 Å². The molecule has 0 aliphatic carbocycles. The summed E-state index contributed by atoms with van der Waals surface area (Å²) in [5, 5.41) is 6.51. The highest BCUT2D eigenvalue weighted by Gasteiger charge is 2.14. The molecular formula is C23H25N3O4. The normalized spacial score (nSPS) is 10.5. The summed E-state index contributed by atoms with van der Waals surface area (Å²) in [5.41, 5.74) is 3.75. The molecule has 30 heavy (non-hydrogen) atoms. The summed E-state index contributed by atoms with van der Waals surface area (Å²) in [7, 11) is 3.33. The van der Waals surface area contributed by atoms with Gasteiger partial charge in [0.1, 0.15) is 18.1 Å². The molecule has 1 N–H and O–H groups in total. The van der Waals surface area contributed by atoms with Crippen molar-refractivity contribution in [2.75, 3.05) is 14.1 Å². The van der Waals surface area contributed by atoms with Gasteiger partial charge in [-0.1, -0.05) is 23.4 Å². The Balaban J connectivity index is 1.64. The van der Waals surface area contributed by atoms with Gasteiger partial charge in [-0.05, 0) is 49.7 Å². The number of carbonyl (C=O) groups is 2. The predicted molar refractivity (Wildman–Crippen MR) is 112 cm³/mol. The van der Waals surface area contributed by atoms with Crippen LogP contribution >= 0.6 is 0 Å². The summed E-state index contributed by atoms with van der Waals surface area (Å²) in [5.74, 6) is 1.07. The number of aryl methyl sites for hydroxylation is 2. The fourth-order valence-electron chi connectivity index (χ4n) is 3.05. The Morgan fingerprint density at radius 1 is 1.10 bits per heavy atom. The smallest absolute Gasteiger partial charge is 0.254 e. The molecule has 0 unspecified atom stereocenters. The lowest BCUT2D eigenvalue weighted by Crippen LogP contribution is -2.26. The third kappa shape index (κ3) is 4.86. The lowest BCUT2D eigenvalue weighted by Gasteiger charge is -2.18. The second-order valence-corrected chi connectivity index (χ2v) is 7.06. The molecule has 2 amide bonds. The molecule has 0 aliphatic heterocycles. The Labute approximate surface area is 175 Å². The number of nitrogens with one attached hydrogen (secondary N) is 1. The van der Waals surface area contributed by atoms with Crippen LogP contribution in [0.5, 0.6) is 5.75 Å². The van der Waals surface area contributed by atoms with Gasteiger partial charge in [0.2, 0.25) is 0 Å². The summed E-state index contributed by atoms with van der Waals surface area (Å²) < 4.78 is 11.0. The van der Waals surface area contributed by atoms with Crippen molar-refractivity contribution < 1.29 is 18.8 Å². The molecule has 0 saturated carbocycles. The molecule has 7 heteroatoms. The molecule has 156 valence electrons. The predicted octanol–water partition coefficient (Wildman–Crippen LogP) is 3.50. The molecule has 0 radical (unpaired) electrons. The first-order valence-electron chi connectivity index (χ1n) is 9.60. The van der Waals surface area contributed by atoms with E-state index in [4.69, 9.17) is 9.26 Å². The Kier molecular flexibility index (Phi) is 6.51. The summed E-state index contributed by atoms with van der Waals surface area (Å²) in [6, 6.07) is 14.3. The average molecular weight is 407 g/mol. The van der Waals surface area contributed by atoms with E-state index < -0.39 is 0 Å². The first-order valence-corrected chi connectivity index (χ1v) is 9.60. The van der Waals surface area contributed by atoms with Gasteiger partial charge in [0, 0.05) is 31.8 Å². The molecule has 0 spiro atoms. The van der Waals surface area contributed by atoms with Gasteiger partial charge in [-0.2, -0.15) is 0 Å². The third-order valence-corrected chi connectivity index (χ3v) is 4.86. The first-order chi connectivity index (χ1) is 14.4. The van der Waals surface area contributed by atoms with E-state index in [1.165, 1.54) is 0 Å². The van der Waals surface area contributed by atoms with Crippen molar-refractivity contribution in [3.05, 3.63) is 82.2 Å². The van der Waals surface area contributed by atoms with Crippen LogP contribution in [-0.4, -0.2) is 36.0 Å². The van der Waals surface area contributed by atoms with Gasteiger partial charge in [-0.25, -0.2) is 0 Å². The van der Waals surface area contributed by atoms with E-state index >= 15 is 0 Å². The van der Waals surface area contributed by atoms with E-state index in [1.807, 2.05) is 32.0 Å². The second kappa shape index (κ2) is 9.26. The van der Waals surface area contributed by atoms with Crippen molar-refractivity contribution in [1.29, 1.82) is 0 Å². The summed E-state index contributed by atoms with van der Waals surface area (Å²) in [6.45, 7) is 4.46. The van der Waals surface area contributed by atoms with Crippen LogP contribution in [0.25, 0.3) is 0 Å². The zero-order valence-corrected chi connectivity index (χ0v) is 17.6. The zero-order valence-electron chi connectivity index (χ0n) is 17.6. The molecule has 0 bridgehead atoms. The van der Waals surface area contributed by atoms with Crippen LogP contribution in [0, 0.1) is 13.8 Å². The van der Waals surface area contributed by atoms with Crippen LogP contribution in [0.2, 0.25) is 0 Å². The molecule has 0 atom stereocenters. The maximum Gasteiger partial charge on any atom is 0.254 e. The van der Waals surface area contributed by atoms with Gasteiger partial charge in [0.15, 0.2) is 0 Å². The standard InChI is InChI=1S/C23H25N3O4/c1-15-21(16(2)30-25-15)14-29-20-7-5-6-19(12-20)23(28)26(4)13-17-8-10-18(11-9-17)22(27)24-3/h5-12H,13-14H2,1-4H3,(H,24,27). The van der Waals surface area contributed by atoms with Crippen molar-refractivity contribution in [1.82, 2.24) is 15.4 Å². The minimum atomic E-state index is -0.139. The van der Waals surface area contributed by atoms with E-state index in [2.05, 4.69) is 10.5 Å². The highest BCUT2D eigenvalue weighted by Crippen LogP contribution is 2.19. The molecule has 3 rings (SSSR count). The fourth-order valence-corrected chi connectivity index (χ4v) is 3.05. The highest BCUT2D eigenvalue weighted by molar-refractivity contribution is 5.95. The molecular weight excluding hydrogens is 382 g/mol. The number of amides is 2. The maximum absolute atomic E-state index is 12.8. The number of ether oxygens (including phenoxy) is 1. The molecule has 3 aromatic rings. The number of carbonyl (C=O) groups excluding carboxylic acids is 2. The van der Waals surface area contributed by atoms with Crippen LogP contribution in [0.15, 0.2) is 53.1 Å². The van der Waals surface area contributed by atoms with Gasteiger partial charge in [0.25, 0.3) is 11.8 Å². The van der Waals surface area contributed by atoms with Crippen molar-refractivity contribution in [3.8, 4) is 5.75 Å². The summed E-state index contributed by atoms with van der Waals surface area (Å²) in [6.07, 6.45) is 0. The van der Waals surface area contributed by atoms with Crippen molar-refractivity contribution >= 4 is 11.8 Å². The minimum Gasteiger partial charge on any atom is -0.489 e. The Hall–Kier alpha value is -3.61. The molecule has 1 heterocycles. The number of rotatable bonds is 7. The van der Waals surface area contributed by atoms with Crippen LogP contribution in [-0.2, 0) is 13.2 Å². The molecule has 0 saturated heterocycles. The number of aromatic nitrogens is 1. The third-order valence-electron chi connectivity index (χ3n) is 4.86. The number of benzene rings is 2. The maximum atomic E-state index is 12.8. The summed E-state index contributed by atoms with van der Waals surface area (Å²) >= 11 is 0. The molecule has 0 aliphatic rings. The Bertz CT molecular complexity index is 1020. The number of nitrogens with zero attached hydrogens (tertiary/aromatic N) is 2. The van der Waals surface area contributed by atoms with E-state index in [0.717, 1.165) is 22.6 Å². The van der Waals surface area contributed by atoms with Crippen LogP contribution in [0.3, 0.4) is 0 Å². The van der Waals surface area contributed by atoms with E-state index in [0.29, 0.717) is 30.0 Å². The monoisotopic (exact) mass is 407 g/mol. The van der Waals surface area contributed by atoms with Gasteiger partial charge in [-0.15, -0.1) is 0 Å². The average Bonchev–Trinajstić information content (AvgIpc) is 3.09. The number of hydrogen-bond acceptors (Lipinski definition) is 5. The van der Waals surface area contributed by atoms with Gasteiger partial charge >= 0.3 is 0 Å². The van der Waals surface area contributed by atoms with E-state index in [-0.39, 0.29) is 11.8 Å². The largest absolute Gasteiger partial charge is 0.489 e. The fraction of sp³-hybridized carbons (Fsp3) is 0.261. The van der Waals surface area contributed by atoms with Gasteiger partial charge in [0.05, 0.1) is 11.3 Å². The van der Waals surface area contributed by atoms with Crippen LogP contribution in [0.4, 0.5) is 0 Å². The quantitative estimate of drug-likeness (QED) is 0.648. The van der Waals surface area contributed by atoms with E-state index in [9.17, 15) is 9.59 Å². The Morgan fingerprint density at radius 3 is 2.47 bits per heavy atom. The van der Waals surface area contributed by atoms with Crippen molar-refractivity contribution in [2.45, 2.75) is 27.0 Å². The lowest BCUT2D eigenvalue weighted by molar-refractivity contribution is 0.0784. The Morgan fingerprint density at radius 2 is 1.83 bits per heavy atom. The highest BCUT2D eigenvalue weighted by atomic mass is 16.5. The zero-order chi connectivity index (χ0) is 21.7. The molecule has 2 aromatic carbocycles. The minimum absolute atomic E-state index is 0.117.